The van der Waals surface area contributed by atoms with Gasteiger partial charge in [-0.05, 0) is 30.2 Å². The third-order valence-corrected chi connectivity index (χ3v) is 7.41. The van der Waals surface area contributed by atoms with Crippen molar-refractivity contribution >= 4 is 51.4 Å². The van der Waals surface area contributed by atoms with Gasteiger partial charge < -0.3 is 15.0 Å². The Morgan fingerprint density at radius 3 is 2.70 bits per heavy atom. The average Bonchev–Trinajstić information content (AvgIpc) is 3.24. The zero-order chi connectivity index (χ0) is 20.9. The number of hydrogen-bond acceptors (Lipinski definition) is 7. The number of anilines is 2. The Hall–Kier alpha value is -2.13. The van der Waals surface area contributed by atoms with E-state index in [0.717, 1.165) is 33.7 Å². The van der Waals surface area contributed by atoms with Crippen molar-refractivity contribution in [1.82, 2.24) is 10.2 Å². The number of carbonyl (C=O) groups is 1. The number of morpholine rings is 1. The lowest BCUT2D eigenvalue weighted by Gasteiger charge is -2.25. The molecule has 0 bridgehead atoms. The number of nitrogens with one attached hydrogen (secondary N) is 1. The summed E-state index contributed by atoms with van der Waals surface area (Å²) in [4.78, 5) is 15.3. The predicted octanol–water partition coefficient (Wildman–Crippen LogP) is 4.81. The molecule has 1 saturated heterocycles. The van der Waals surface area contributed by atoms with Crippen LogP contribution in [0, 0.1) is 6.92 Å². The fourth-order valence-electron chi connectivity index (χ4n) is 3.01. The molecule has 30 heavy (non-hydrogen) atoms. The molecule has 1 aliphatic heterocycles. The van der Waals surface area contributed by atoms with Crippen LogP contribution in [0.4, 0.5) is 10.8 Å². The lowest BCUT2D eigenvalue weighted by Crippen LogP contribution is -2.36. The fourth-order valence-corrected chi connectivity index (χ4v) is 5.28. The number of aromatic nitrogens is 2. The first kappa shape index (κ1) is 21.1. The van der Waals surface area contributed by atoms with Gasteiger partial charge in [-0.15, -0.1) is 10.2 Å². The van der Waals surface area contributed by atoms with Crippen LogP contribution in [0.3, 0.4) is 0 Å². The molecule has 2 heterocycles. The molecule has 1 atom stereocenters. The third kappa shape index (κ3) is 5.13. The predicted molar refractivity (Wildman–Crippen MR) is 123 cm³/mol. The van der Waals surface area contributed by atoms with Gasteiger partial charge in [0.1, 0.15) is 5.25 Å². The second-order valence-corrected chi connectivity index (χ2v) is 9.53. The minimum absolute atomic E-state index is 0.130. The molecule has 9 heteroatoms. The Kier molecular flexibility index (Phi) is 6.89. The van der Waals surface area contributed by atoms with Gasteiger partial charge in [0.05, 0.1) is 13.2 Å². The largest absolute Gasteiger partial charge is 0.378 e. The zero-order valence-electron chi connectivity index (χ0n) is 16.4. The van der Waals surface area contributed by atoms with E-state index in [1.807, 2.05) is 49.4 Å². The van der Waals surface area contributed by atoms with Crippen molar-refractivity contribution in [3.8, 4) is 0 Å². The van der Waals surface area contributed by atoms with Crippen LogP contribution in [0.5, 0.6) is 0 Å². The SMILES string of the molecule is Cc1ccc(NC(=O)C(Sc2nnc(N3CCOCC3)s2)c2ccccc2)cc1Cl. The molecular weight excluding hydrogens is 440 g/mol. The number of aryl methyl sites for hydroxylation is 1. The second kappa shape index (κ2) is 9.78. The Labute approximate surface area is 188 Å². The number of carbonyl (C=O) groups excluding carboxylic acids is 1. The lowest BCUT2D eigenvalue weighted by molar-refractivity contribution is -0.115. The first-order chi connectivity index (χ1) is 14.6. The minimum atomic E-state index is -0.461. The zero-order valence-corrected chi connectivity index (χ0v) is 18.8. The third-order valence-electron chi connectivity index (χ3n) is 4.68. The van der Waals surface area contributed by atoms with Crippen LogP contribution in [-0.2, 0) is 9.53 Å². The summed E-state index contributed by atoms with van der Waals surface area (Å²) in [7, 11) is 0. The van der Waals surface area contributed by atoms with E-state index in [9.17, 15) is 4.79 Å². The maximum Gasteiger partial charge on any atom is 0.242 e. The maximum atomic E-state index is 13.2. The molecule has 0 spiro atoms. The summed E-state index contributed by atoms with van der Waals surface area (Å²) in [5, 5.41) is 12.6. The molecular formula is C21H21ClN4O2S2. The van der Waals surface area contributed by atoms with Crippen molar-refractivity contribution in [2.24, 2.45) is 0 Å². The monoisotopic (exact) mass is 460 g/mol. The molecule has 1 aromatic heterocycles. The van der Waals surface area contributed by atoms with Crippen molar-refractivity contribution in [2.45, 2.75) is 16.5 Å². The van der Waals surface area contributed by atoms with Crippen molar-refractivity contribution < 1.29 is 9.53 Å². The second-order valence-electron chi connectivity index (χ2n) is 6.81. The Bertz CT molecular complexity index is 1010. The summed E-state index contributed by atoms with van der Waals surface area (Å²) >= 11 is 9.12. The molecule has 1 N–H and O–H groups in total. The highest BCUT2D eigenvalue weighted by atomic mass is 35.5. The van der Waals surface area contributed by atoms with Crippen molar-refractivity contribution in [3.63, 3.8) is 0 Å². The minimum Gasteiger partial charge on any atom is -0.378 e. The van der Waals surface area contributed by atoms with Gasteiger partial charge in [-0.3, -0.25) is 4.79 Å². The highest BCUT2D eigenvalue weighted by Crippen LogP contribution is 2.39. The number of thioether (sulfide) groups is 1. The van der Waals surface area contributed by atoms with Crippen molar-refractivity contribution in [3.05, 3.63) is 64.7 Å². The number of amides is 1. The Balaban J connectivity index is 1.53. The Morgan fingerprint density at radius 2 is 1.97 bits per heavy atom. The van der Waals surface area contributed by atoms with Gasteiger partial charge in [0.25, 0.3) is 0 Å². The molecule has 0 saturated carbocycles. The Morgan fingerprint density at radius 1 is 1.20 bits per heavy atom. The molecule has 3 aromatic rings. The molecule has 0 aliphatic carbocycles. The molecule has 1 unspecified atom stereocenters. The van der Waals surface area contributed by atoms with E-state index >= 15 is 0 Å². The van der Waals surface area contributed by atoms with Crippen LogP contribution < -0.4 is 10.2 Å². The van der Waals surface area contributed by atoms with E-state index in [1.165, 1.54) is 23.1 Å². The highest BCUT2D eigenvalue weighted by Gasteiger charge is 2.25. The van der Waals surface area contributed by atoms with Gasteiger partial charge >= 0.3 is 0 Å². The number of rotatable bonds is 6. The molecule has 1 amide bonds. The van der Waals surface area contributed by atoms with E-state index in [4.69, 9.17) is 16.3 Å². The van der Waals surface area contributed by atoms with E-state index in [1.54, 1.807) is 6.07 Å². The fraction of sp³-hybridized carbons (Fsp3) is 0.286. The molecule has 156 valence electrons. The van der Waals surface area contributed by atoms with Crippen LogP contribution >= 0.6 is 34.7 Å². The van der Waals surface area contributed by atoms with Crippen molar-refractivity contribution in [2.75, 3.05) is 36.5 Å². The van der Waals surface area contributed by atoms with Crippen molar-refractivity contribution in [1.29, 1.82) is 0 Å². The van der Waals surface area contributed by atoms with E-state index in [2.05, 4.69) is 20.4 Å². The molecule has 4 rings (SSSR count). The highest BCUT2D eigenvalue weighted by molar-refractivity contribution is 8.02. The van der Waals surface area contributed by atoms with Gasteiger partial charge in [0.2, 0.25) is 11.0 Å². The molecule has 1 aliphatic rings. The quantitative estimate of drug-likeness (QED) is 0.532. The number of benzene rings is 2. The molecule has 6 nitrogen and oxygen atoms in total. The number of nitrogens with zero attached hydrogens (tertiary/aromatic N) is 3. The van der Waals surface area contributed by atoms with Crippen LogP contribution in [0.15, 0.2) is 52.9 Å². The van der Waals surface area contributed by atoms with Gasteiger partial charge in [-0.1, -0.05) is 71.1 Å². The van der Waals surface area contributed by atoms with Crippen LogP contribution in [0.25, 0.3) is 0 Å². The standard InChI is InChI=1S/C21H21ClN4O2S2/c1-14-7-8-16(13-17(14)22)23-19(27)18(15-5-3-2-4-6-15)29-21-25-24-20(30-21)26-9-11-28-12-10-26/h2-8,13,18H,9-12H2,1H3,(H,23,27). The maximum absolute atomic E-state index is 13.2. The average molecular weight is 461 g/mol. The van der Waals surface area contributed by atoms with E-state index < -0.39 is 5.25 Å². The van der Waals surface area contributed by atoms with Crippen LogP contribution in [0.2, 0.25) is 5.02 Å². The summed E-state index contributed by atoms with van der Waals surface area (Å²) in [5.74, 6) is -0.130. The van der Waals surface area contributed by atoms with Gasteiger partial charge in [0, 0.05) is 23.8 Å². The summed E-state index contributed by atoms with van der Waals surface area (Å²) in [6, 6.07) is 15.2. The first-order valence-corrected chi connectivity index (χ1v) is 11.6. The van der Waals surface area contributed by atoms with Gasteiger partial charge in [-0.25, -0.2) is 0 Å². The number of halogens is 1. The summed E-state index contributed by atoms with van der Waals surface area (Å²) in [5.41, 5.74) is 2.54. The number of hydrogen-bond donors (Lipinski definition) is 1. The normalized spacial score (nSPS) is 15.1. The van der Waals surface area contributed by atoms with Crippen LogP contribution in [-0.4, -0.2) is 42.4 Å². The summed E-state index contributed by atoms with van der Waals surface area (Å²) in [6.45, 7) is 4.91. The summed E-state index contributed by atoms with van der Waals surface area (Å²) in [6.07, 6.45) is 0. The molecule has 2 aromatic carbocycles. The molecule has 0 radical (unpaired) electrons. The number of ether oxygens (including phenoxy) is 1. The van der Waals surface area contributed by atoms with Gasteiger partial charge in [0.15, 0.2) is 4.34 Å². The van der Waals surface area contributed by atoms with Crippen LogP contribution in [0.1, 0.15) is 16.4 Å². The van der Waals surface area contributed by atoms with Gasteiger partial charge in [-0.2, -0.15) is 0 Å². The lowest BCUT2D eigenvalue weighted by atomic mass is 10.1. The van der Waals surface area contributed by atoms with E-state index in [-0.39, 0.29) is 5.91 Å². The smallest absolute Gasteiger partial charge is 0.242 e. The topological polar surface area (TPSA) is 67.4 Å². The first-order valence-electron chi connectivity index (χ1n) is 9.55. The summed E-state index contributed by atoms with van der Waals surface area (Å²) < 4.78 is 6.15. The molecule has 1 fully saturated rings. The van der Waals surface area contributed by atoms with E-state index in [0.29, 0.717) is 23.9 Å².